The van der Waals surface area contributed by atoms with Gasteiger partial charge in [0.15, 0.2) is 0 Å². The summed E-state index contributed by atoms with van der Waals surface area (Å²) < 4.78 is 0. The van der Waals surface area contributed by atoms with Gasteiger partial charge in [0.1, 0.15) is 5.82 Å². The van der Waals surface area contributed by atoms with Crippen molar-refractivity contribution in [3.8, 4) is 6.07 Å². The van der Waals surface area contributed by atoms with E-state index < -0.39 is 0 Å². The zero-order valence-corrected chi connectivity index (χ0v) is 11.2. The van der Waals surface area contributed by atoms with E-state index in [-0.39, 0.29) is 11.9 Å². The van der Waals surface area contributed by atoms with Crippen molar-refractivity contribution < 1.29 is 4.79 Å². The number of anilines is 1. The fraction of sp³-hybridized carbons (Fsp3) is 0.462. The van der Waals surface area contributed by atoms with Crippen LogP contribution in [0.5, 0.6) is 0 Å². The minimum Gasteiger partial charge on any atom is -0.356 e. The molecule has 5 nitrogen and oxygen atoms in total. The highest BCUT2D eigenvalue weighted by molar-refractivity contribution is 5.93. The standard InChI is InChI=1S/C13H18N4O/c1-10(7-8-14)17(4)12-6-5-11(9-15-12)13(18)16(2)3/h5-6,9-10H,7H2,1-4H3. The van der Waals surface area contributed by atoms with Gasteiger partial charge in [-0.2, -0.15) is 5.26 Å². The molecule has 1 aromatic rings. The van der Waals surface area contributed by atoms with Gasteiger partial charge in [-0.15, -0.1) is 0 Å². The van der Waals surface area contributed by atoms with Crippen molar-refractivity contribution in [1.82, 2.24) is 9.88 Å². The normalized spacial score (nSPS) is 11.5. The topological polar surface area (TPSA) is 60.2 Å². The lowest BCUT2D eigenvalue weighted by Crippen LogP contribution is -2.29. The molecule has 18 heavy (non-hydrogen) atoms. The molecule has 96 valence electrons. The molecule has 1 aromatic heterocycles. The molecule has 0 N–H and O–H groups in total. The Kier molecular flexibility index (Phi) is 4.67. The zero-order chi connectivity index (χ0) is 13.7. The maximum atomic E-state index is 11.7. The van der Waals surface area contributed by atoms with Gasteiger partial charge in [-0.25, -0.2) is 4.98 Å². The van der Waals surface area contributed by atoms with Gasteiger partial charge in [0, 0.05) is 33.4 Å². The van der Waals surface area contributed by atoms with E-state index in [1.54, 1.807) is 32.4 Å². The van der Waals surface area contributed by atoms with Crippen molar-refractivity contribution in [2.45, 2.75) is 19.4 Å². The van der Waals surface area contributed by atoms with E-state index in [9.17, 15) is 4.79 Å². The molecule has 1 unspecified atom stereocenters. The summed E-state index contributed by atoms with van der Waals surface area (Å²) in [5.74, 6) is 0.690. The lowest BCUT2D eigenvalue weighted by atomic mass is 10.2. The van der Waals surface area contributed by atoms with Crippen molar-refractivity contribution in [3.63, 3.8) is 0 Å². The van der Waals surface area contributed by atoms with Crippen molar-refractivity contribution in [2.75, 3.05) is 26.0 Å². The molecule has 1 atom stereocenters. The molecule has 1 rings (SSSR count). The minimum atomic E-state index is -0.0678. The largest absolute Gasteiger partial charge is 0.356 e. The third-order valence-electron chi connectivity index (χ3n) is 2.81. The Bertz CT molecular complexity index is 447. The average Bonchev–Trinajstić information content (AvgIpc) is 2.37. The summed E-state index contributed by atoms with van der Waals surface area (Å²) in [6.45, 7) is 1.96. The average molecular weight is 246 g/mol. The first-order chi connectivity index (χ1) is 8.47. The van der Waals surface area contributed by atoms with Crippen LogP contribution in [-0.2, 0) is 0 Å². The van der Waals surface area contributed by atoms with Gasteiger partial charge in [0.25, 0.3) is 5.91 Å². The summed E-state index contributed by atoms with van der Waals surface area (Å²) in [7, 11) is 5.30. The number of hydrogen-bond donors (Lipinski definition) is 0. The number of hydrogen-bond acceptors (Lipinski definition) is 4. The van der Waals surface area contributed by atoms with Crippen LogP contribution in [0, 0.1) is 11.3 Å². The number of carbonyl (C=O) groups excluding carboxylic acids is 1. The maximum Gasteiger partial charge on any atom is 0.254 e. The molecule has 1 heterocycles. The molecule has 0 aliphatic carbocycles. The fourth-order valence-corrected chi connectivity index (χ4v) is 1.47. The predicted molar refractivity (Wildman–Crippen MR) is 70.3 cm³/mol. The molecule has 0 fully saturated rings. The number of aromatic nitrogens is 1. The van der Waals surface area contributed by atoms with E-state index in [0.717, 1.165) is 5.82 Å². The van der Waals surface area contributed by atoms with E-state index in [1.165, 1.54) is 4.90 Å². The monoisotopic (exact) mass is 246 g/mol. The lowest BCUT2D eigenvalue weighted by molar-refractivity contribution is 0.0827. The Morgan fingerprint density at radius 3 is 2.56 bits per heavy atom. The summed E-state index contributed by atoms with van der Waals surface area (Å²) >= 11 is 0. The first kappa shape index (κ1) is 14.0. The number of amides is 1. The quantitative estimate of drug-likeness (QED) is 0.808. The van der Waals surface area contributed by atoms with E-state index in [1.807, 2.05) is 18.9 Å². The maximum absolute atomic E-state index is 11.7. The van der Waals surface area contributed by atoms with Crippen LogP contribution in [0.15, 0.2) is 18.3 Å². The van der Waals surface area contributed by atoms with Crippen LogP contribution in [0.2, 0.25) is 0 Å². The molecule has 0 bridgehead atoms. The molecule has 1 amide bonds. The molecule has 0 aliphatic heterocycles. The zero-order valence-electron chi connectivity index (χ0n) is 11.2. The van der Waals surface area contributed by atoms with Crippen LogP contribution in [0.25, 0.3) is 0 Å². The summed E-state index contributed by atoms with van der Waals surface area (Å²) in [6, 6.07) is 5.77. The van der Waals surface area contributed by atoms with Gasteiger partial charge in [0.05, 0.1) is 18.1 Å². The number of pyridine rings is 1. The van der Waals surface area contributed by atoms with Crippen LogP contribution in [0.3, 0.4) is 0 Å². The number of carbonyl (C=O) groups is 1. The molecule has 0 saturated carbocycles. The highest BCUT2D eigenvalue weighted by Crippen LogP contribution is 2.14. The molecule has 0 aromatic carbocycles. The van der Waals surface area contributed by atoms with Crippen LogP contribution < -0.4 is 4.90 Å². The predicted octanol–water partition coefficient (Wildman–Crippen LogP) is 1.52. The molecular formula is C13H18N4O. The second-order valence-corrected chi connectivity index (χ2v) is 4.43. The highest BCUT2D eigenvalue weighted by Gasteiger charge is 2.12. The summed E-state index contributed by atoms with van der Waals surface area (Å²) in [4.78, 5) is 19.4. The number of nitrogens with zero attached hydrogens (tertiary/aromatic N) is 4. The molecule has 0 aliphatic rings. The minimum absolute atomic E-state index is 0.0678. The fourth-order valence-electron chi connectivity index (χ4n) is 1.47. The smallest absolute Gasteiger partial charge is 0.254 e. The summed E-state index contributed by atoms with van der Waals surface area (Å²) in [6.07, 6.45) is 2.00. The van der Waals surface area contributed by atoms with Crippen molar-refractivity contribution >= 4 is 11.7 Å². The van der Waals surface area contributed by atoms with Gasteiger partial charge in [-0.1, -0.05) is 0 Å². The van der Waals surface area contributed by atoms with Gasteiger partial charge in [-0.3, -0.25) is 4.79 Å². The van der Waals surface area contributed by atoms with Crippen LogP contribution >= 0.6 is 0 Å². The summed E-state index contributed by atoms with van der Waals surface area (Å²) in [5.41, 5.74) is 0.560. The van der Waals surface area contributed by atoms with Crippen molar-refractivity contribution in [2.24, 2.45) is 0 Å². The van der Waals surface area contributed by atoms with Gasteiger partial charge in [-0.05, 0) is 19.1 Å². The third kappa shape index (κ3) is 3.20. The number of nitriles is 1. The first-order valence-corrected chi connectivity index (χ1v) is 5.75. The Morgan fingerprint density at radius 1 is 1.44 bits per heavy atom. The molecule has 5 heteroatoms. The number of rotatable bonds is 4. The first-order valence-electron chi connectivity index (χ1n) is 5.75. The van der Waals surface area contributed by atoms with E-state index in [4.69, 9.17) is 5.26 Å². The Hall–Kier alpha value is -2.09. The Labute approximate surface area is 108 Å². The second kappa shape index (κ2) is 6.01. The van der Waals surface area contributed by atoms with Gasteiger partial charge < -0.3 is 9.80 Å². The van der Waals surface area contributed by atoms with E-state index >= 15 is 0 Å². The van der Waals surface area contributed by atoms with Crippen LogP contribution in [-0.4, -0.2) is 43.0 Å². The highest BCUT2D eigenvalue weighted by atomic mass is 16.2. The molecular weight excluding hydrogens is 228 g/mol. The van der Waals surface area contributed by atoms with Crippen LogP contribution in [0.4, 0.5) is 5.82 Å². The Morgan fingerprint density at radius 2 is 2.11 bits per heavy atom. The molecule has 0 spiro atoms. The van der Waals surface area contributed by atoms with Gasteiger partial charge >= 0.3 is 0 Å². The van der Waals surface area contributed by atoms with E-state index in [0.29, 0.717) is 12.0 Å². The van der Waals surface area contributed by atoms with E-state index in [2.05, 4.69) is 11.1 Å². The van der Waals surface area contributed by atoms with Crippen LogP contribution in [0.1, 0.15) is 23.7 Å². The SMILES string of the molecule is CC(CC#N)N(C)c1ccc(C(=O)N(C)C)cn1. The third-order valence-corrected chi connectivity index (χ3v) is 2.81. The Balaban J connectivity index is 2.83. The van der Waals surface area contributed by atoms with Crippen molar-refractivity contribution in [1.29, 1.82) is 5.26 Å². The molecule has 0 saturated heterocycles. The molecule has 0 radical (unpaired) electrons. The van der Waals surface area contributed by atoms with Crippen molar-refractivity contribution in [3.05, 3.63) is 23.9 Å². The second-order valence-electron chi connectivity index (χ2n) is 4.43. The summed E-state index contributed by atoms with van der Waals surface area (Å²) in [5, 5.41) is 8.66. The lowest BCUT2D eigenvalue weighted by Gasteiger charge is -2.24. The van der Waals surface area contributed by atoms with Gasteiger partial charge in [0.2, 0.25) is 0 Å².